The summed E-state index contributed by atoms with van der Waals surface area (Å²) >= 11 is 0.0139. The van der Waals surface area contributed by atoms with Gasteiger partial charge in [0.05, 0.1) is 73.5 Å². The molecule has 8 rings (SSSR count). The number of halogens is 4. The summed E-state index contributed by atoms with van der Waals surface area (Å²) in [5.74, 6) is -0.935. The summed E-state index contributed by atoms with van der Waals surface area (Å²) in [6.07, 6.45) is 23.7. The van der Waals surface area contributed by atoms with Gasteiger partial charge in [-0.15, -0.1) is 0 Å². The molecule has 0 radical (unpaired) electrons. The molecular weight excluding hydrogens is 1410 g/mol. The third-order valence-corrected chi connectivity index (χ3v) is 19.0. The average molecular weight is 1530 g/mol. The van der Waals surface area contributed by atoms with Gasteiger partial charge in [0.25, 0.3) is 0 Å². The molecule has 0 unspecified atom stereocenters. The monoisotopic (exact) mass is 1530 g/mol. The Bertz CT molecular complexity index is 2380. The second kappa shape index (κ2) is 53.1. The maximum absolute atomic E-state index is 13.9. The van der Waals surface area contributed by atoms with E-state index in [1.165, 1.54) is 51.4 Å². The van der Waals surface area contributed by atoms with Crippen LogP contribution in [0.3, 0.4) is 0 Å². The van der Waals surface area contributed by atoms with E-state index in [-0.39, 0.29) is 76.3 Å². The minimum atomic E-state index is -0.471. The molecule has 8 atom stereocenters. The molecule has 6 aliphatic rings. The Morgan fingerprint density at radius 1 is 0.412 bits per heavy atom. The quantitative estimate of drug-likeness (QED) is 0.0171. The van der Waals surface area contributed by atoms with Gasteiger partial charge in [0.15, 0.2) is 11.6 Å². The van der Waals surface area contributed by atoms with E-state index in [4.69, 9.17) is 88.3 Å². The predicted octanol–water partition coefficient (Wildman–Crippen LogP) is 9.50. The number of methoxy groups -OCH3 is 4. The molecule has 556 valence electrons. The van der Waals surface area contributed by atoms with Crippen LogP contribution in [0, 0.1) is 0 Å². The van der Waals surface area contributed by atoms with E-state index in [2.05, 4.69) is 49.5 Å². The van der Waals surface area contributed by atoms with Gasteiger partial charge in [0, 0.05) is 166 Å². The molecule has 28 heteroatoms. The second-order valence-electron chi connectivity index (χ2n) is 25.6. The molecule has 22 nitrogen and oxygen atoms in total. The average Bonchev–Trinajstić information content (AvgIpc) is 0.990. The number of fused-ring (bicyclic) bond motifs is 8. The van der Waals surface area contributed by atoms with Gasteiger partial charge in [-0.3, -0.25) is 19.6 Å². The van der Waals surface area contributed by atoms with Crippen molar-refractivity contribution in [2.24, 2.45) is 0 Å². The summed E-state index contributed by atoms with van der Waals surface area (Å²) in [6, 6.07) is 4.44. The molecule has 4 heterocycles. The van der Waals surface area contributed by atoms with Crippen molar-refractivity contribution in [1.82, 2.24) is 52.5 Å². The summed E-state index contributed by atoms with van der Waals surface area (Å²) in [5.41, 5.74) is 5.29. The fourth-order valence-electron chi connectivity index (χ4n) is 14.1. The molecule has 0 amide bonds. The Labute approximate surface area is 608 Å². The van der Waals surface area contributed by atoms with Crippen molar-refractivity contribution in [3.05, 3.63) is 56.7 Å². The van der Waals surface area contributed by atoms with E-state index in [9.17, 15) is 19.2 Å². The SMILES string of the molecule is CCCCCc1c(C(=O)OCCOC)c2nc(c1C(=O)OCCOC)CN[C@@H]1CCCC[C@H]1NCCN[C@@H]1CCCC[C@H]1NC2.COCCOCCCC(=O)c1cc(C(=O)CCCOCCOC)c2nc1CN[C@@H]1CCCC[C@H]1NCCN[C@@H]1CCCC[C@H]1NC2.[Cl][Mn][Cl].[Cl][Mn][Cl]. The second-order valence-corrected chi connectivity index (χ2v) is 29.5. The number of pyridine rings is 2. The van der Waals surface area contributed by atoms with Crippen molar-refractivity contribution in [2.75, 3.05) is 121 Å². The van der Waals surface area contributed by atoms with Crippen molar-refractivity contribution in [3.8, 4) is 0 Å². The van der Waals surface area contributed by atoms with Gasteiger partial charge in [0.1, 0.15) is 13.2 Å². The molecule has 4 saturated carbocycles. The number of aromatic nitrogens is 2. The van der Waals surface area contributed by atoms with E-state index in [0.29, 0.717) is 173 Å². The van der Waals surface area contributed by atoms with E-state index in [1.54, 1.807) is 28.4 Å². The van der Waals surface area contributed by atoms with Crippen LogP contribution in [0.2, 0.25) is 0 Å². The first-order chi connectivity index (χ1) is 47.5. The van der Waals surface area contributed by atoms with Crippen molar-refractivity contribution in [1.29, 1.82) is 0 Å². The van der Waals surface area contributed by atoms with Crippen LogP contribution in [0.25, 0.3) is 0 Å². The van der Waals surface area contributed by atoms with E-state index in [1.807, 2.05) is 6.07 Å². The number of ketones is 2. The molecule has 97 heavy (non-hydrogen) atoms. The summed E-state index contributed by atoms with van der Waals surface area (Å²) < 4.78 is 43.1. The molecule has 2 aromatic heterocycles. The van der Waals surface area contributed by atoms with Gasteiger partial charge in [-0.05, 0) is 88.7 Å². The van der Waals surface area contributed by atoms with Gasteiger partial charge in [0.2, 0.25) is 0 Å². The van der Waals surface area contributed by atoms with Crippen LogP contribution in [0.1, 0.15) is 224 Å². The van der Waals surface area contributed by atoms with Crippen molar-refractivity contribution in [2.45, 2.75) is 236 Å². The van der Waals surface area contributed by atoms with Crippen LogP contribution in [0.15, 0.2) is 6.07 Å². The number of ether oxygens (including phenoxy) is 8. The molecule has 4 fully saturated rings. The third kappa shape index (κ3) is 31.6. The van der Waals surface area contributed by atoms with Crippen LogP contribution in [0.4, 0.5) is 0 Å². The van der Waals surface area contributed by atoms with Gasteiger partial charge in [-0.2, -0.15) is 0 Å². The summed E-state index contributed by atoms with van der Waals surface area (Å²) in [7, 11) is 25.6. The number of nitrogens with zero attached hydrogens (tertiary/aromatic N) is 2. The first kappa shape index (κ1) is 85.9. The number of hydrogen-bond donors (Lipinski definition) is 8. The fourth-order valence-corrected chi connectivity index (χ4v) is 14.1. The number of carbonyl (C=O) groups excluding carboxylic acids is 4. The molecule has 0 aromatic carbocycles. The Morgan fingerprint density at radius 2 is 0.711 bits per heavy atom. The van der Waals surface area contributed by atoms with E-state index in [0.717, 1.165) is 108 Å². The van der Waals surface area contributed by atoms with Gasteiger partial charge in [-0.25, -0.2) is 9.59 Å². The standard InChI is InChI=1S/C35H59N5O6.C34H57N5O6.4ClH.2Mn/c1-43-19-21-45-17-7-13-34(41)26-23-27(35(42)14-8-18-46-22-20-44-2)33-25-39-31-12-6-4-10-29(31)37-16-15-36-28-9-3-5-11-30(28)38-24-32(26)40-33;1-4-5-6-11-24-31(33(40)44-20-18-42-2)29-22-37-27-14-9-7-12-25(27)35-16-17-36-26-13-8-10-15-28(26)38-23-30(39-29)32(24)34(41)45-21-19-43-3;;;;;;/h23,28-31,36-39H,3-22,24-25H2,1-2H3;25-28,35-38H,4-23H2,1-3H3;4*1H;;/q;;;;;;2*+2/p-4/t28-,29-,30-,31-;25-,26-,27-,28-;;;;;;/m11....../s1. The number of rotatable bonds is 28. The zero-order valence-corrected chi connectivity index (χ0v) is 63.8. The Morgan fingerprint density at radius 3 is 1.03 bits per heavy atom. The summed E-state index contributed by atoms with van der Waals surface area (Å²) in [6.45, 7) is 11.5. The van der Waals surface area contributed by atoms with E-state index >= 15 is 0 Å². The first-order valence-corrected chi connectivity index (χ1v) is 42.2. The van der Waals surface area contributed by atoms with Gasteiger partial charge >= 0.3 is 78.6 Å². The Kier molecular flexibility index (Phi) is 47.0. The Balaban J connectivity index is 0.000000324. The van der Waals surface area contributed by atoms with Crippen molar-refractivity contribution >= 4 is 63.9 Å². The minimum absolute atomic E-state index is 0.00359. The predicted molar refractivity (Wildman–Crippen MR) is 375 cm³/mol. The van der Waals surface area contributed by atoms with Crippen molar-refractivity contribution in [3.63, 3.8) is 0 Å². The zero-order chi connectivity index (χ0) is 69.7. The fraction of sp³-hybridized carbons (Fsp3) is 0.797. The van der Waals surface area contributed by atoms with Crippen LogP contribution in [0.5, 0.6) is 0 Å². The Hall–Kier alpha value is -1.78. The number of carbonyl (C=O) groups is 4. The van der Waals surface area contributed by atoms with Crippen LogP contribution >= 0.6 is 40.4 Å². The molecule has 8 N–H and O–H groups in total. The van der Waals surface area contributed by atoms with Crippen LogP contribution in [-0.2, 0) is 96.8 Å². The molecule has 2 aromatic rings. The maximum atomic E-state index is 13.9. The summed E-state index contributed by atoms with van der Waals surface area (Å²) in [5, 5.41) is 30.4. The normalized spacial score (nSPS) is 23.2. The number of unbranched alkanes of at least 4 members (excludes halogenated alkanes) is 2. The van der Waals surface area contributed by atoms with Gasteiger partial charge < -0.3 is 80.4 Å². The van der Waals surface area contributed by atoms with Crippen LogP contribution in [-0.4, -0.2) is 202 Å². The molecule has 4 aliphatic carbocycles. The molecular formula is C69H116Cl4Mn2N10O12. The van der Waals surface area contributed by atoms with Gasteiger partial charge in [-0.1, -0.05) is 71.1 Å². The molecule has 0 saturated heterocycles. The van der Waals surface area contributed by atoms with E-state index < -0.39 is 11.9 Å². The third-order valence-electron chi connectivity index (χ3n) is 19.0. The number of nitrogens with one attached hydrogen (secondary N) is 8. The topological polar surface area (TPSA) is 264 Å². The summed E-state index contributed by atoms with van der Waals surface area (Å²) in [4.78, 5) is 65.5. The number of hydrogen-bond acceptors (Lipinski definition) is 22. The first-order valence-electron chi connectivity index (χ1n) is 35.7. The molecule has 4 bridgehead atoms. The number of esters is 2. The molecule has 0 spiro atoms. The number of Topliss-reactive ketones (excluding diaryl/α,β-unsaturated/α-hetero) is 2. The van der Waals surface area contributed by atoms with Crippen molar-refractivity contribution < 1.29 is 83.3 Å². The van der Waals surface area contributed by atoms with Crippen LogP contribution < -0.4 is 42.5 Å². The zero-order valence-electron chi connectivity index (χ0n) is 58.5. The molecule has 2 aliphatic heterocycles.